The van der Waals surface area contributed by atoms with Crippen molar-refractivity contribution < 1.29 is 4.39 Å². The van der Waals surface area contributed by atoms with E-state index < -0.39 is 0 Å². The molecule has 0 saturated carbocycles. The van der Waals surface area contributed by atoms with Gasteiger partial charge in [0.15, 0.2) is 0 Å². The Balaban J connectivity index is 2.31. The van der Waals surface area contributed by atoms with Gasteiger partial charge in [-0.05, 0) is 26.3 Å². The molecule has 4 nitrogen and oxygen atoms in total. The zero-order chi connectivity index (χ0) is 15.6. The highest BCUT2D eigenvalue weighted by atomic mass is 19.1. The molecule has 0 aliphatic rings. The van der Waals surface area contributed by atoms with Gasteiger partial charge in [0.1, 0.15) is 11.6 Å². The summed E-state index contributed by atoms with van der Waals surface area (Å²) in [7, 11) is 3.86. The van der Waals surface area contributed by atoms with Gasteiger partial charge in [0.2, 0.25) is 0 Å². The third-order valence-electron chi connectivity index (χ3n) is 3.57. The molecule has 1 unspecified atom stereocenters. The van der Waals surface area contributed by atoms with Crippen LogP contribution < -0.4 is 10.6 Å². The minimum Gasteiger partial charge on any atom is -0.355 e. The molecule has 0 aliphatic carbocycles. The van der Waals surface area contributed by atoms with Gasteiger partial charge in [0, 0.05) is 37.8 Å². The number of benzene rings is 1. The fraction of sp³-hybridized carbons (Fsp3) is 0.438. The van der Waals surface area contributed by atoms with E-state index in [0.717, 1.165) is 23.5 Å². The summed E-state index contributed by atoms with van der Waals surface area (Å²) in [5.41, 5.74) is 8.71. The zero-order valence-electron chi connectivity index (χ0n) is 13.1. The first-order valence-corrected chi connectivity index (χ1v) is 7.12. The lowest BCUT2D eigenvalue weighted by molar-refractivity contribution is 0.605. The Hall–Kier alpha value is -1.88. The summed E-state index contributed by atoms with van der Waals surface area (Å²) in [6, 6.07) is 6.91. The lowest BCUT2D eigenvalue weighted by atomic mass is 10.1. The Morgan fingerprint density at radius 3 is 2.67 bits per heavy atom. The first-order valence-electron chi connectivity index (χ1n) is 7.12. The molecule has 0 fully saturated rings. The molecule has 1 aromatic heterocycles. The summed E-state index contributed by atoms with van der Waals surface area (Å²) in [6.45, 7) is 4.46. The molecular formula is C16H23FN4. The third-order valence-corrected chi connectivity index (χ3v) is 3.57. The topological polar surface area (TPSA) is 47.1 Å². The number of rotatable bonds is 5. The molecule has 0 saturated heterocycles. The summed E-state index contributed by atoms with van der Waals surface area (Å²) in [4.78, 5) is 2.02. The molecule has 2 aromatic rings. The maximum Gasteiger partial charge on any atom is 0.130 e. The molecule has 0 aliphatic heterocycles. The molecule has 0 bridgehead atoms. The first-order chi connectivity index (χ1) is 9.90. The third kappa shape index (κ3) is 3.42. The summed E-state index contributed by atoms with van der Waals surface area (Å²) in [5, 5.41) is 4.47. The average Bonchev–Trinajstić information content (AvgIpc) is 2.66. The predicted octanol–water partition coefficient (Wildman–Crippen LogP) is 2.39. The SMILES string of the molecule is Cc1nn(C)c(N(C)Cc2ccccc2F)c1CC(C)N. The minimum absolute atomic E-state index is 0.0634. The largest absolute Gasteiger partial charge is 0.355 e. The van der Waals surface area contributed by atoms with Crippen molar-refractivity contribution in [2.75, 3.05) is 11.9 Å². The van der Waals surface area contributed by atoms with Gasteiger partial charge in [0.25, 0.3) is 0 Å². The van der Waals surface area contributed by atoms with Crippen molar-refractivity contribution in [3.63, 3.8) is 0 Å². The molecular weight excluding hydrogens is 267 g/mol. The number of halogens is 1. The predicted molar refractivity (Wildman–Crippen MR) is 83.8 cm³/mol. The van der Waals surface area contributed by atoms with Crippen molar-refractivity contribution in [1.29, 1.82) is 0 Å². The van der Waals surface area contributed by atoms with Gasteiger partial charge in [-0.1, -0.05) is 18.2 Å². The van der Waals surface area contributed by atoms with E-state index in [0.29, 0.717) is 12.1 Å². The molecule has 21 heavy (non-hydrogen) atoms. The Kier molecular flexibility index (Phi) is 4.63. The number of hydrogen-bond acceptors (Lipinski definition) is 3. The van der Waals surface area contributed by atoms with Gasteiger partial charge < -0.3 is 10.6 Å². The Labute approximate surface area is 125 Å². The molecule has 5 heteroatoms. The normalized spacial score (nSPS) is 12.5. The van der Waals surface area contributed by atoms with Crippen LogP contribution in [-0.4, -0.2) is 22.9 Å². The van der Waals surface area contributed by atoms with E-state index in [1.165, 1.54) is 6.07 Å². The smallest absolute Gasteiger partial charge is 0.130 e. The van der Waals surface area contributed by atoms with Crippen LogP contribution in [0.4, 0.5) is 10.2 Å². The second kappa shape index (κ2) is 6.26. The van der Waals surface area contributed by atoms with Crippen LogP contribution in [0.5, 0.6) is 0 Å². The number of nitrogens with two attached hydrogens (primary N) is 1. The maximum atomic E-state index is 13.8. The van der Waals surface area contributed by atoms with Crippen LogP contribution in [0.1, 0.15) is 23.7 Å². The van der Waals surface area contributed by atoms with E-state index >= 15 is 0 Å². The quantitative estimate of drug-likeness (QED) is 0.920. The van der Waals surface area contributed by atoms with E-state index in [4.69, 9.17) is 5.73 Å². The monoisotopic (exact) mass is 290 g/mol. The van der Waals surface area contributed by atoms with Crippen molar-refractivity contribution >= 4 is 5.82 Å². The average molecular weight is 290 g/mol. The molecule has 2 N–H and O–H groups in total. The lowest BCUT2D eigenvalue weighted by Crippen LogP contribution is -2.24. The van der Waals surface area contributed by atoms with Crippen LogP contribution >= 0.6 is 0 Å². The molecule has 0 amide bonds. The fourth-order valence-electron chi connectivity index (χ4n) is 2.69. The van der Waals surface area contributed by atoms with Crippen molar-refractivity contribution in [2.45, 2.75) is 32.9 Å². The van der Waals surface area contributed by atoms with Crippen molar-refractivity contribution in [1.82, 2.24) is 9.78 Å². The van der Waals surface area contributed by atoms with Crippen LogP contribution in [-0.2, 0) is 20.0 Å². The molecule has 0 radical (unpaired) electrons. The van der Waals surface area contributed by atoms with Crippen LogP contribution in [0, 0.1) is 12.7 Å². The van der Waals surface area contributed by atoms with Gasteiger partial charge in [-0.25, -0.2) is 4.39 Å². The van der Waals surface area contributed by atoms with Crippen LogP contribution in [0.15, 0.2) is 24.3 Å². The second-order valence-corrected chi connectivity index (χ2v) is 5.64. The number of nitrogens with zero attached hydrogens (tertiary/aromatic N) is 3. The number of anilines is 1. The number of hydrogen-bond donors (Lipinski definition) is 1. The zero-order valence-corrected chi connectivity index (χ0v) is 13.1. The Morgan fingerprint density at radius 2 is 2.05 bits per heavy atom. The molecule has 1 heterocycles. The van der Waals surface area contributed by atoms with Gasteiger partial charge in [0.05, 0.1) is 5.69 Å². The van der Waals surface area contributed by atoms with E-state index in [1.54, 1.807) is 12.1 Å². The lowest BCUT2D eigenvalue weighted by Gasteiger charge is -2.22. The Morgan fingerprint density at radius 1 is 1.38 bits per heavy atom. The van der Waals surface area contributed by atoms with Crippen molar-refractivity contribution in [3.8, 4) is 0 Å². The highest BCUT2D eigenvalue weighted by Crippen LogP contribution is 2.25. The van der Waals surface area contributed by atoms with Crippen LogP contribution in [0.2, 0.25) is 0 Å². The number of aromatic nitrogens is 2. The van der Waals surface area contributed by atoms with Crippen molar-refractivity contribution in [3.05, 3.63) is 46.9 Å². The number of aryl methyl sites for hydroxylation is 2. The van der Waals surface area contributed by atoms with E-state index in [2.05, 4.69) is 5.10 Å². The molecule has 0 spiro atoms. The van der Waals surface area contributed by atoms with Gasteiger partial charge in [-0.3, -0.25) is 4.68 Å². The standard InChI is InChI=1S/C16H23FN4/c1-11(18)9-14-12(2)19-21(4)16(14)20(3)10-13-7-5-6-8-15(13)17/h5-8,11H,9-10,18H2,1-4H3. The van der Waals surface area contributed by atoms with E-state index in [-0.39, 0.29) is 11.9 Å². The molecule has 2 rings (SSSR count). The fourth-order valence-corrected chi connectivity index (χ4v) is 2.69. The second-order valence-electron chi connectivity index (χ2n) is 5.64. The highest BCUT2D eigenvalue weighted by molar-refractivity contribution is 5.50. The summed E-state index contributed by atoms with van der Waals surface area (Å²) < 4.78 is 15.7. The van der Waals surface area contributed by atoms with Gasteiger partial charge in [-0.2, -0.15) is 5.10 Å². The van der Waals surface area contributed by atoms with Crippen LogP contribution in [0.25, 0.3) is 0 Å². The molecule has 114 valence electrons. The minimum atomic E-state index is -0.183. The van der Waals surface area contributed by atoms with Gasteiger partial charge in [-0.15, -0.1) is 0 Å². The maximum absolute atomic E-state index is 13.8. The Bertz CT molecular complexity index is 619. The summed E-state index contributed by atoms with van der Waals surface area (Å²) in [6.07, 6.45) is 0.761. The molecule has 1 aromatic carbocycles. The highest BCUT2D eigenvalue weighted by Gasteiger charge is 2.18. The first kappa shape index (κ1) is 15.5. The molecule has 1 atom stereocenters. The van der Waals surface area contributed by atoms with E-state index in [9.17, 15) is 4.39 Å². The van der Waals surface area contributed by atoms with Crippen LogP contribution in [0.3, 0.4) is 0 Å². The summed E-state index contributed by atoms with van der Waals surface area (Å²) in [5.74, 6) is 0.810. The van der Waals surface area contributed by atoms with Gasteiger partial charge >= 0.3 is 0 Å². The van der Waals surface area contributed by atoms with E-state index in [1.807, 2.05) is 43.6 Å². The summed E-state index contributed by atoms with van der Waals surface area (Å²) >= 11 is 0. The van der Waals surface area contributed by atoms with Crippen molar-refractivity contribution in [2.24, 2.45) is 12.8 Å².